The average molecular weight is 530 g/mol. The molecule has 0 saturated heterocycles. The summed E-state index contributed by atoms with van der Waals surface area (Å²) in [5.41, 5.74) is 0.625. The van der Waals surface area contributed by atoms with E-state index >= 15 is 0 Å². The Balaban J connectivity index is 1.65. The Hall–Kier alpha value is -1.70. The summed E-state index contributed by atoms with van der Waals surface area (Å²) in [5.74, 6) is -0.192. The van der Waals surface area contributed by atoms with Crippen LogP contribution in [0.1, 0.15) is 88.7 Å². The van der Waals surface area contributed by atoms with Crippen molar-refractivity contribution in [2.24, 2.45) is 11.8 Å². The maximum absolute atomic E-state index is 14.2. The third kappa shape index (κ3) is 5.58. The molecule has 2 aliphatic rings. The minimum Gasteiger partial charge on any atom is -0.477 e. The van der Waals surface area contributed by atoms with Crippen LogP contribution in [0.4, 0.5) is 5.69 Å². The van der Waals surface area contributed by atoms with Gasteiger partial charge < -0.3 is 14.4 Å². The average Bonchev–Trinajstić information content (AvgIpc) is 3.19. The van der Waals surface area contributed by atoms with Crippen molar-refractivity contribution in [3.63, 3.8) is 0 Å². The van der Waals surface area contributed by atoms with Crippen LogP contribution in [0.5, 0.6) is 0 Å². The van der Waals surface area contributed by atoms with Gasteiger partial charge in [0, 0.05) is 28.1 Å². The lowest BCUT2D eigenvalue weighted by atomic mass is 9.81. The maximum atomic E-state index is 14.2. The van der Waals surface area contributed by atoms with E-state index in [1.165, 1.54) is 11.3 Å². The SMILES string of the molecule is CC(C)(C)[Si](C)(C)O[C@H]1CC[C@@H](N(c2c(C(=O)O)sc3ccccc23)C(=O)[C@H]2CC[C@H](C)CC2)CC1. The number of fused-ring (bicyclic) bond motifs is 1. The number of carboxylic acids is 1. The Kier molecular flexibility index (Phi) is 8.03. The molecule has 2 fully saturated rings. The third-order valence-corrected chi connectivity index (χ3v) is 14.6. The molecule has 0 radical (unpaired) electrons. The number of thiophene rings is 1. The lowest BCUT2D eigenvalue weighted by Crippen LogP contribution is -2.49. The van der Waals surface area contributed by atoms with E-state index in [1.807, 2.05) is 29.2 Å². The zero-order valence-corrected chi connectivity index (χ0v) is 24.6. The van der Waals surface area contributed by atoms with E-state index in [2.05, 4.69) is 40.8 Å². The number of carboxylic acid groups (broad SMARTS) is 1. The molecule has 2 saturated carbocycles. The molecule has 5 nitrogen and oxygen atoms in total. The van der Waals surface area contributed by atoms with Crippen LogP contribution in [-0.2, 0) is 9.22 Å². The van der Waals surface area contributed by atoms with E-state index in [0.29, 0.717) is 11.6 Å². The fraction of sp³-hybridized carbons (Fsp3) is 0.655. The van der Waals surface area contributed by atoms with Gasteiger partial charge in [-0.15, -0.1) is 11.3 Å². The lowest BCUT2D eigenvalue weighted by molar-refractivity contribution is -0.124. The molecule has 0 spiro atoms. The molecule has 1 aromatic heterocycles. The Bertz CT molecular complexity index is 1090. The Morgan fingerprint density at radius 2 is 1.61 bits per heavy atom. The predicted octanol–water partition coefficient (Wildman–Crippen LogP) is 8.09. The highest BCUT2D eigenvalue weighted by molar-refractivity contribution is 7.21. The molecule has 1 aromatic carbocycles. The first-order chi connectivity index (χ1) is 16.9. The molecular formula is C29H43NO4SSi. The van der Waals surface area contributed by atoms with E-state index in [-0.39, 0.29) is 33.9 Å². The number of carbonyl (C=O) groups is 2. The van der Waals surface area contributed by atoms with Gasteiger partial charge in [0.1, 0.15) is 4.88 Å². The van der Waals surface area contributed by atoms with Crippen molar-refractivity contribution in [2.45, 2.75) is 109 Å². The highest BCUT2D eigenvalue weighted by Gasteiger charge is 2.42. The van der Waals surface area contributed by atoms with E-state index in [0.717, 1.165) is 61.5 Å². The van der Waals surface area contributed by atoms with Gasteiger partial charge >= 0.3 is 5.97 Å². The molecule has 1 amide bonds. The first kappa shape index (κ1) is 27.3. The summed E-state index contributed by atoms with van der Waals surface area (Å²) < 4.78 is 7.65. The summed E-state index contributed by atoms with van der Waals surface area (Å²) in [6.45, 7) is 13.7. The normalized spacial score (nSPS) is 25.6. The molecule has 36 heavy (non-hydrogen) atoms. The summed E-state index contributed by atoms with van der Waals surface area (Å²) in [4.78, 5) is 28.8. The van der Waals surface area contributed by atoms with Crippen LogP contribution in [0.25, 0.3) is 10.1 Å². The number of hydrogen-bond donors (Lipinski definition) is 1. The van der Waals surface area contributed by atoms with Crippen molar-refractivity contribution >= 4 is 47.3 Å². The van der Waals surface area contributed by atoms with Gasteiger partial charge in [0.15, 0.2) is 8.32 Å². The van der Waals surface area contributed by atoms with Crippen molar-refractivity contribution in [3.8, 4) is 0 Å². The molecule has 2 aliphatic carbocycles. The molecule has 1 N–H and O–H groups in total. The van der Waals surface area contributed by atoms with E-state index < -0.39 is 14.3 Å². The second-order valence-corrected chi connectivity index (χ2v) is 18.4. The van der Waals surface area contributed by atoms with Crippen LogP contribution >= 0.6 is 11.3 Å². The Labute approximate surface area is 221 Å². The topological polar surface area (TPSA) is 66.8 Å². The van der Waals surface area contributed by atoms with Gasteiger partial charge in [0.05, 0.1) is 5.69 Å². The number of anilines is 1. The molecule has 7 heteroatoms. The highest BCUT2D eigenvalue weighted by atomic mass is 32.1. The molecule has 0 atom stereocenters. The van der Waals surface area contributed by atoms with Crippen molar-refractivity contribution in [3.05, 3.63) is 29.1 Å². The van der Waals surface area contributed by atoms with Crippen LogP contribution in [0.2, 0.25) is 18.1 Å². The summed E-state index contributed by atoms with van der Waals surface area (Å²) in [6, 6.07) is 7.83. The number of nitrogens with zero attached hydrogens (tertiary/aromatic N) is 1. The highest BCUT2D eigenvalue weighted by Crippen LogP contribution is 2.44. The fourth-order valence-electron chi connectivity index (χ4n) is 5.61. The second kappa shape index (κ2) is 10.6. The third-order valence-electron chi connectivity index (χ3n) is 8.88. The first-order valence-electron chi connectivity index (χ1n) is 13.6. The maximum Gasteiger partial charge on any atom is 0.348 e. The van der Waals surface area contributed by atoms with Crippen LogP contribution < -0.4 is 4.90 Å². The van der Waals surface area contributed by atoms with E-state index in [4.69, 9.17) is 4.43 Å². The van der Waals surface area contributed by atoms with E-state index in [1.54, 1.807) is 0 Å². The minimum absolute atomic E-state index is 0.00669. The van der Waals surface area contributed by atoms with Crippen LogP contribution in [0, 0.1) is 11.8 Å². The molecule has 0 bridgehead atoms. The zero-order valence-electron chi connectivity index (χ0n) is 22.8. The van der Waals surface area contributed by atoms with Crippen molar-refractivity contribution < 1.29 is 19.1 Å². The van der Waals surface area contributed by atoms with Gasteiger partial charge in [-0.2, -0.15) is 0 Å². The monoisotopic (exact) mass is 529 g/mol. The van der Waals surface area contributed by atoms with Crippen molar-refractivity contribution in [1.29, 1.82) is 0 Å². The fourth-order valence-corrected chi connectivity index (χ4v) is 8.06. The number of aromatic carboxylic acids is 1. The lowest BCUT2D eigenvalue weighted by Gasteiger charge is -2.43. The van der Waals surface area contributed by atoms with Gasteiger partial charge in [-0.05, 0) is 81.5 Å². The molecule has 198 valence electrons. The standard InChI is InChI=1S/C29H43NO4SSi/c1-19-11-13-20(14-12-19)27(31)30(25-23-9-7-8-10-24(23)35-26(25)28(32)33)21-15-17-22(18-16-21)34-36(5,6)29(2,3)4/h7-10,19-22H,11-18H2,1-6H3,(H,32,33)/t19-,20-,21-,22+. The quantitative estimate of drug-likeness (QED) is 0.384. The summed E-state index contributed by atoms with van der Waals surface area (Å²) in [7, 11) is -1.87. The van der Waals surface area contributed by atoms with Gasteiger partial charge in [0.25, 0.3) is 0 Å². The Morgan fingerprint density at radius 1 is 1.00 bits per heavy atom. The van der Waals surface area contributed by atoms with Gasteiger partial charge in [-0.1, -0.05) is 45.9 Å². The summed E-state index contributed by atoms with van der Waals surface area (Å²) in [6.07, 6.45) is 7.64. The molecule has 0 unspecified atom stereocenters. The second-order valence-electron chi connectivity index (χ2n) is 12.6. The number of amides is 1. The summed E-state index contributed by atoms with van der Waals surface area (Å²) >= 11 is 1.29. The molecule has 4 rings (SSSR count). The van der Waals surface area contributed by atoms with Gasteiger partial charge in [0.2, 0.25) is 5.91 Å². The Morgan fingerprint density at radius 3 is 2.19 bits per heavy atom. The van der Waals surface area contributed by atoms with Gasteiger partial charge in [-0.3, -0.25) is 4.79 Å². The largest absolute Gasteiger partial charge is 0.477 e. The van der Waals surface area contributed by atoms with E-state index in [9.17, 15) is 14.7 Å². The van der Waals surface area contributed by atoms with Crippen molar-refractivity contribution in [1.82, 2.24) is 0 Å². The number of hydrogen-bond acceptors (Lipinski definition) is 4. The van der Waals surface area contributed by atoms with Crippen LogP contribution in [0.15, 0.2) is 24.3 Å². The zero-order chi connectivity index (χ0) is 26.3. The number of rotatable bonds is 6. The minimum atomic E-state index is -1.87. The smallest absolute Gasteiger partial charge is 0.348 e. The van der Waals surface area contributed by atoms with Crippen LogP contribution in [0.3, 0.4) is 0 Å². The van der Waals surface area contributed by atoms with Gasteiger partial charge in [-0.25, -0.2) is 4.79 Å². The molecule has 1 heterocycles. The summed E-state index contributed by atoms with van der Waals surface area (Å²) in [5, 5.41) is 11.2. The molecule has 2 aromatic rings. The van der Waals surface area contributed by atoms with Crippen molar-refractivity contribution in [2.75, 3.05) is 4.90 Å². The van der Waals surface area contributed by atoms with Crippen LogP contribution in [-0.4, -0.2) is 37.4 Å². The number of benzene rings is 1. The molecular weight excluding hydrogens is 486 g/mol. The molecule has 0 aliphatic heterocycles. The predicted molar refractivity (Wildman–Crippen MR) is 152 cm³/mol. The first-order valence-corrected chi connectivity index (χ1v) is 17.4. The number of carbonyl (C=O) groups excluding carboxylic acids is 1.